The number of phenols is 2. The van der Waals surface area contributed by atoms with E-state index in [0.717, 1.165) is 0 Å². The van der Waals surface area contributed by atoms with Gasteiger partial charge in [0.15, 0.2) is 34.6 Å². The Balaban J connectivity index is 0.00000141. The van der Waals surface area contributed by atoms with Crippen LogP contribution in [0.2, 0.25) is 0 Å². The molecule has 0 saturated carbocycles. The van der Waals surface area contributed by atoms with Crippen molar-refractivity contribution in [3.8, 4) is 23.0 Å². The normalized spacial score (nSPS) is 10.5. The summed E-state index contributed by atoms with van der Waals surface area (Å²) in [6.45, 7) is 1.93. The number of hydrogen-bond acceptors (Lipinski definition) is 7. The third kappa shape index (κ3) is 8.20. The lowest BCUT2D eigenvalue weighted by molar-refractivity contribution is -0.121. The Morgan fingerprint density at radius 3 is 1.53 bits per heavy atom. The highest BCUT2D eigenvalue weighted by Crippen LogP contribution is 2.27. The Morgan fingerprint density at radius 2 is 1.20 bits per heavy atom. The molecule has 2 rings (SSSR count). The number of methoxy groups -OCH3 is 2. The van der Waals surface area contributed by atoms with E-state index in [1.807, 2.05) is 0 Å². The van der Waals surface area contributed by atoms with E-state index in [2.05, 4.69) is 0 Å². The summed E-state index contributed by atoms with van der Waals surface area (Å²) in [4.78, 5) is 23.9. The lowest BCUT2D eigenvalue weighted by Gasteiger charge is -2.03. The number of aliphatic hydroxyl groups is 1. The molecule has 0 bridgehead atoms. The summed E-state index contributed by atoms with van der Waals surface area (Å²) in [5, 5.41) is 26.7. The van der Waals surface area contributed by atoms with Gasteiger partial charge in [0.25, 0.3) is 0 Å². The number of benzene rings is 2. The zero-order valence-corrected chi connectivity index (χ0v) is 17.2. The van der Waals surface area contributed by atoms with Crippen LogP contribution in [-0.4, -0.2) is 47.7 Å². The first-order valence-electron chi connectivity index (χ1n) is 9.11. The molecule has 0 saturated heterocycles. The van der Waals surface area contributed by atoms with Crippen molar-refractivity contribution in [1.29, 1.82) is 0 Å². The van der Waals surface area contributed by atoms with E-state index in [0.29, 0.717) is 22.6 Å². The molecule has 0 aliphatic rings. The third-order valence-corrected chi connectivity index (χ3v) is 3.68. The third-order valence-electron chi connectivity index (χ3n) is 3.68. The summed E-state index contributed by atoms with van der Waals surface area (Å²) in [6, 6.07) is 9.34. The van der Waals surface area contributed by atoms with E-state index in [1.165, 1.54) is 38.5 Å². The second-order valence-corrected chi connectivity index (χ2v) is 5.95. The first-order valence-corrected chi connectivity index (χ1v) is 9.11. The van der Waals surface area contributed by atoms with Crippen molar-refractivity contribution in [2.75, 3.05) is 20.8 Å². The molecular weight excluding hydrogens is 388 g/mol. The SMILES string of the molecule is CCO.COc1cc(/C=C/C(=O)CC(=O)/C=C/c2ccc(O)c(OC)c2)ccc1O. The molecule has 0 unspecified atom stereocenters. The van der Waals surface area contributed by atoms with E-state index in [1.54, 1.807) is 43.3 Å². The molecule has 0 atom stereocenters. The fourth-order valence-corrected chi connectivity index (χ4v) is 2.26. The van der Waals surface area contributed by atoms with Crippen molar-refractivity contribution < 1.29 is 34.4 Å². The van der Waals surface area contributed by atoms with Crippen LogP contribution < -0.4 is 9.47 Å². The molecule has 2 aromatic rings. The summed E-state index contributed by atoms with van der Waals surface area (Å²) in [6.07, 6.45) is 5.44. The van der Waals surface area contributed by atoms with Gasteiger partial charge >= 0.3 is 0 Å². The maximum absolute atomic E-state index is 11.9. The standard InChI is InChI=1S/C21H20O6.C2H6O/c1-26-20-11-14(5-9-18(20)24)3-7-16(22)13-17(23)8-4-15-6-10-19(25)21(12-15)27-2;1-2-3/h3-12,24-25H,13H2,1-2H3;3H,2H2,1H3/b7-3+,8-4+;. The number of aromatic hydroxyl groups is 2. The van der Waals surface area contributed by atoms with E-state index in [9.17, 15) is 19.8 Å². The van der Waals surface area contributed by atoms with Gasteiger partial charge in [-0.2, -0.15) is 0 Å². The number of ketones is 2. The molecule has 3 N–H and O–H groups in total. The number of ether oxygens (including phenoxy) is 2. The fraction of sp³-hybridized carbons (Fsp3) is 0.217. The van der Waals surface area contributed by atoms with Crippen molar-refractivity contribution in [2.24, 2.45) is 0 Å². The van der Waals surface area contributed by atoms with Gasteiger partial charge in [-0.15, -0.1) is 0 Å². The van der Waals surface area contributed by atoms with Crippen molar-refractivity contribution in [3.05, 3.63) is 59.7 Å². The molecule has 2 aromatic carbocycles. The Bertz CT molecular complexity index is 840. The van der Waals surface area contributed by atoms with Crippen LogP contribution >= 0.6 is 0 Å². The molecule has 7 heteroatoms. The summed E-state index contributed by atoms with van der Waals surface area (Å²) >= 11 is 0. The van der Waals surface area contributed by atoms with Gasteiger partial charge in [0.1, 0.15) is 0 Å². The van der Waals surface area contributed by atoms with E-state index >= 15 is 0 Å². The maximum atomic E-state index is 11.9. The number of hydrogen-bond donors (Lipinski definition) is 3. The van der Waals surface area contributed by atoms with Gasteiger partial charge < -0.3 is 24.8 Å². The van der Waals surface area contributed by atoms with E-state index in [-0.39, 0.29) is 36.1 Å². The summed E-state index contributed by atoms with van der Waals surface area (Å²) in [5.41, 5.74) is 1.33. The Kier molecular flexibility index (Phi) is 10.4. The quantitative estimate of drug-likeness (QED) is 0.448. The molecule has 0 aliphatic carbocycles. The predicted molar refractivity (Wildman–Crippen MR) is 115 cm³/mol. The molecule has 0 radical (unpaired) electrons. The van der Waals surface area contributed by atoms with E-state index in [4.69, 9.17) is 14.6 Å². The molecule has 0 spiro atoms. The van der Waals surface area contributed by atoms with Crippen LogP contribution in [0.1, 0.15) is 24.5 Å². The lowest BCUT2D eigenvalue weighted by atomic mass is 10.1. The highest BCUT2D eigenvalue weighted by Gasteiger charge is 2.06. The van der Waals surface area contributed by atoms with Gasteiger partial charge in [0.2, 0.25) is 0 Å². The fourth-order valence-electron chi connectivity index (χ4n) is 2.26. The molecule has 0 aromatic heterocycles. The minimum Gasteiger partial charge on any atom is -0.504 e. The predicted octanol–water partition coefficient (Wildman–Crippen LogP) is 3.37. The summed E-state index contributed by atoms with van der Waals surface area (Å²) < 4.78 is 10.00. The minimum atomic E-state index is -0.347. The van der Waals surface area contributed by atoms with Crippen molar-refractivity contribution >= 4 is 23.7 Å². The molecule has 0 fully saturated rings. The van der Waals surface area contributed by atoms with Gasteiger partial charge in [-0.25, -0.2) is 0 Å². The van der Waals surface area contributed by atoms with E-state index < -0.39 is 0 Å². The van der Waals surface area contributed by atoms with Crippen molar-refractivity contribution in [3.63, 3.8) is 0 Å². The lowest BCUT2D eigenvalue weighted by Crippen LogP contribution is -2.01. The molecular formula is C23H26O7. The first kappa shape index (κ1) is 24.5. The van der Waals surface area contributed by atoms with Crippen LogP contribution in [0.5, 0.6) is 23.0 Å². The zero-order valence-electron chi connectivity index (χ0n) is 17.2. The Morgan fingerprint density at radius 1 is 0.833 bits per heavy atom. The molecule has 0 heterocycles. The molecule has 30 heavy (non-hydrogen) atoms. The molecule has 0 aliphatic heterocycles. The van der Waals surface area contributed by atoms with Crippen LogP contribution in [0.15, 0.2) is 48.6 Å². The van der Waals surface area contributed by atoms with Crippen LogP contribution in [0.25, 0.3) is 12.2 Å². The van der Waals surface area contributed by atoms with Crippen LogP contribution in [0.4, 0.5) is 0 Å². The van der Waals surface area contributed by atoms with Gasteiger partial charge in [-0.3, -0.25) is 9.59 Å². The van der Waals surface area contributed by atoms with Crippen molar-refractivity contribution in [1.82, 2.24) is 0 Å². The largest absolute Gasteiger partial charge is 0.504 e. The van der Waals surface area contributed by atoms with Crippen LogP contribution in [-0.2, 0) is 9.59 Å². The smallest absolute Gasteiger partial charge is 0.163 e. The summed E-state index contributed by atoms with van der Waals surface area (Å²) in [7, 11) is 2.87. The number of aliphatic hydroxyl groups excluding tert-OH is 1. The van der Waals surface area contributed by atoms with Crippen LogP contribution in [0.3, 0.4) is 0 Å². The van der Waals surface area contributed by atoms with Gasteiger partial charge in [-0.05, 0) is 54.5 Å². The minimum absolute atomic E-state index is 0.00662. The summed E-state index contributed by atoms with van der Waals surface area (Å²) in [5.74, 6) is -0.0832. The first-order chi connectivity index (χ1) is 14.3. The average molecular weight is 414 g/mol. The molecule has 160 valence electrons. The number of phenolic OH excluding ortho intramolecular Hbond substituents is 2. The highest BCUT2D eigenvalue weighted by molar-refractivity contribution is 6.10. The number of carbonyl (C=O) groups is 2. The monoisotopic (exact) mass is 414 g/mol. The number of rotatable bonds is 8. The van der Waals surface area contributed by atoms with Gasteiger partial charge in [0, 0.05) is 6.61 Å². The number of allylic oxidation sites excluding steroid dienone is 2. The molecule has 0 amide bonds. The average Bonchev–Trinajstić information content (AvgIpc) is 2.73. The maximum Gasteiger partial charge on any atom is 0.163 e. The second-order valence-electron chi connectivity index (χ2n) is 5.95. The zero-order chi connectivity index (χ0) is 22.5. The van der Waals surface area contributed by atoms with Crippen molar-refractivity contribution in [2.45, 2.75) is 13.3 Å². The highest BCUT2D eigenvalue weighted by atomic mass is 16.5. The Labute approximate surface area is 175 Å². The Hall–Kier alpha value is -3.58. The second kappa shape index (κ2) is 12.8. The number of carbonyl (C=O) groups excluding carboxylic acids is 2. The van der Waals surface area contributed by atoms with Crippen LogP contribution in [0, 0.1) is 0 Å². The van der Waals surface area contributed by atoms with Gasteiger partial charge in [0.05, 0.1) is 20.6 Å². The van der Waals surface area contributed by atoms with Gasteiger partial charge in [-0.1, -0.05) is 24.3 Å². The molecule has 7 nitrogen and oxygen atoms in total. The topological polar surface area (TPSA) is 113 Å².